The molecule has 1 aromatic heterocycles. The summed E-state index contributed by atoms with van der Waals surface area (Å²) in [6.45, 7) is 2.26. The van der Waals surface area contributed by atoms with Gasteiger partial charge >= 0.3 is 0 Å². The van der Waals surface area contributed by atoms with Crippen LogP contribution in [-0.4, -0.2) is 19.0 Å². The van der Waals surface area contributed by atoms with Crippen LogP contribution in [0.25, 0.3) is 6.08 Å². The van der Waals surface area contributed by atoms with Gasteiger partial charge in [0.1, 0.15) is 7.05 Å². The SMILES string of the molecule is CCCCCCCc1scc[n+]1C.CN(C)C=Cc1ccccc1.[I-]. The number of aryl methyl sites for hydroxylation is 2. The van der Waals surface area contributed by atoms with Gasteiger partial charge in [-0.3, -0.25) is 0 Å². The van der Waals surface area contributed by atoms with Crippen LogP contribution in [0, 0.1) is 0 Å². The Morgan fingerprint density at radius 1 is 1.04 bits per heavy atom. The average molecular weight is 472 g/mol. The summed E-state index contributed by atoms with van der Waals surface area (Å²) in [7, 11) is 6.16. The first-order valence-corrected chi connectivity index (χ1v) is 9.83. The standard InChI is InChI=1S/C11H20NS.C10H13N.HI/c1-3-4-5-6-7-8-11-12(2)9-10-13-11;1-11(2)9-8-10-6-4-3-5-7-10;/h9-10H,3-8H2,1-2H3;3-9H,1-2H3;1H/q+1;;/p-1. The van der Waals surface area contributed by atoms with Crippen molar-refractivity contribution in [3.63, 3.8) is 0 Å². The molecule has 0 saturated heterocycles. The van der Waals surface area contributed by atoms with Gasteiger partial charge in [-0.25, -0.2) is 0 Å². The van der Waals surface area contributed by atoms with Gasteiger partial charge in [0, 0.05) is 20.5 Å². The molecule has 2 nitrogen and oxygen atoms in total. The Bertz CT molecular complexity index is 564. The first-order valence-electron chi connectivity index (χ1n) is 8.95. The van der Waals surface area contributed by atoms with Gasteiger partial charge in [-0.05, 0) is 24.3 Å². The summed E-state index contributed by atoms with van der Waals surface area (Å²) in [5.41, 5.74) is 1.24. The van der Waals surface area contributed by atoms with Crippen LogP contribution in [-0.2, 0) is 13.5 Å². The lowest BCUT2D eigenvalue weighted by atomic mass is 10.1. The Balaban J connectivity index is 0.000000449. The molecule has 0 aliphatic heterocycles. The number of unbranched alkanes of at least 4 members (excludes halogenated alkanes) is 4. The highest BCUT2D eigenvalue weighted by molar-refractivity contribution is 7.09. The predicted octanol–water partition coefficient (Wildman–Crippen LogP) is 2.31. The Kier molecular flexibility index (Phi) is 14.8. The van der Waals surface area contributed by atoms with Crippen LogP contribution in [0.5, 0.6) is 0 Å². The topological polar surface area (TPSA) is 7.12 Å². The maximum absolute atomic E-state index is 2.26. The van der Waals surface area contributed by atoms with E-state index in [2.05, 4.69) is 48.3 Å². The van der Waals surface area contributed by atoms with Crippen molar-refractivity contribution in [1.82, 2.24) is 4.90 Å². The smallest absolute Gasteiger partial charge is 0.236 e. The van der Waals surface area contributed by atoms with Crippen molar-refractivity contribution in [1.29, 1.82) is 0 Å². The third kappa shape index (κ3) is 12.2. The molecule has 0 N–H and O–H groups in total. The van der Waals surface area contributed by atoms with E-state index < -0.39 is 0 Å². The van der Waals surface area contributed by atoms with Crippen LogP contribution in [0.4, 0.5) is 0 Å². The zero-order valence-electron chi connectivity index (χ0n) is 16.1. The summed E-state index contributed by atoms with van der Waals surface area (Å²) < 4.78 is 2.24. The lowest BCUT2D eigenvalue weighted by molar-refractivity contribution is -0.673. The van der Waals surface area contributed by atoms with Crippen LogP contribution in [0.3, 0.4) is 0 Å². The maximum Gasteiger partial charge on any atom is 0.236 e. The van der Waals surface area contributed by atoms with Gasteiger partial charge in [-0.2, -0.15) is 4.57 Å². The quantitative estimate of drug-likeness (QED) is 0.325. The second-order valence-corrected chi connectivity index (χ2v) is 7.24. The Morgan fingerprint density at radius 3 is 2.28 bits per heavy atom. The first-order chi connectivity index (χ1) is 11.6. The Morgan fingerprint density at radius 2 is 1.72 bits per heavy atom. The molecule has 0 unspecified atom stereocenters. The molecular weight excluding hydrogens is 439 g/mol. The third-order valence-electron chi connectivity index (χ3n) is 3.74. The van der Waals surface area contributed by atoms with E-state index in [1.54, 1.807) is 0 Å². The molecule has 1 aromatic carbocycles. The number of hydrogen-bond donors (Lipinski definition) is 0. The number of thiazole rings is 1. The monoisotopic (exact) mass is 472 g/mol. The second kappa shape index (κ2) is 15.4. The Hall–Kier alpha value is -0.880. The number of nitrogens with zero attached hydrogens (tertiary/aromatic N) is 2. The lowest BCUT2D eigenvalue weighted by Crippen LogP contribution is -3.00. The van der Waals surface area contributed by atoms with Crippen molar-refractivity contribution in [2.24, 2.45) is 7.05 Å². The predicted molar refractivity (Wildman–Crippen MR) is 107 cm³/mol. The van der Waals surface area contributed by atoms with Crippen LogP contribution >= 0.6 is 11.3 Å². The van der Waals surface area contributed by atoms with Crippen molar-refractivity contribution in [2.75, 3.05) is 14.1 Å². The molecule has 0 amide bonds. The summed E-state index contributed by atoms with van der Waals surface area (Å²) in [5, 5.41) is 3.68. The highest BCUT2D eigenvalue weighted by Gasteiger charge is 2.06. The molecule has 0 radical (unpaired) electrons. The molecule has 0 atom stereocenters. The molecule has 1 heterocycles. The van der Waals surface area contributed by atoms with Gasteiger partial charge in [0.25, 0.3) is 0 Å². The van der Waals surface area contributed by atoms with Gasteiger partial charge in [0.15, 0.2) is 6.20 Å². The fourth-order valence-corrected chi connectivity index (χ4v) is 3.17. The van der Waals surface area contributed by atoms with E-state index in [0.717, 1.165) is 0 Å². The van der Waals surface area contributed by atoms with Crippen LogP contribution < -0.4 is 28.5 Å². The molecule has 0 bridgehead atoms. The van der Waals surface area contributed by atoms with Gasteiger partial charge in [0.2, 0.25) is 5.01 Å². The van der Waals surface area contributed by atoms with Crippen LogP contribution in [0.15, 0.2) is 48.1 Å². The van der Waals surface area contributed by atoms with Crippen LogP contribution in [0.1, 0.15) is 49.6 Å². The number of rotatable bonds is 8. The number of halogens is 1. The van der Waals surface area contributed by atoms with Crippen molar-refractivity contribution in [2.45, 2.75) is 45.4 Å². The molecule has 25 heavy (non-hydrogen) atoms. The third-order valence-corrected chi connectivity index (χ3v) is 4.76. The minimum Gasteiger partial charge on any atom is -1.00 e. The molecular formula is C21H33IN2S. The molecule has 0 fully saturated rings. The summed E-state index contributed by atoms with van der Waals surface area (Å²) in [6.07, 6.45) is 14.4. The average Bonchev–Trinajstić information content (AvgIpc) is 2.99. The molecule has 0 spiro atoms. The molecule has 0 aliphatic carbocycles. The fourth-order valence-electron chi connectivity index (χ4n) is 2.28. The summed E-state index contributed by atoms with van der Waals surface area (Å²) in [5.74, 6) is 0. The summed E-state index contributed by atoms with van der Waals surface area (Å²) >= 11 is 1.88. The molecule has 4 heteroatoms. The first kappa shape index (κ1) is 24.1. The Labute approximate surface area is 175 Å². The van der Waals surface area contributed by atoms with Crippen LogP contribution in [0.2, 0.25) is 0 Å². The van der Waals surface area contributed by atoms with E-state index in [1.807, 2.05) is 54.7 Å². The zero-order chi connectivity index (χ0) is 17.6. The summed E-state index contributed by atoms with van der Waals surface area (Å²) in [4.78, 5) is 2.02. The van der Waals surface area contributed by atoms with Gasteiger partial charge in [-0.1, -0.05) is 74.3 Å². The molecule has 0 saturated carbocycles. The van der Waals surface area contributed by atoms with Gasteiger partial charge < -0.3 is 28.9 Å². The minimum absolute atomic E-state index is 0. The van der Waals surface area contributed by atoms with Gasteiger partial charge in [-0.15, -0.1) is 0 Å². The van der Waals surface area contributed by atoms with Crippen molar-refractivity contribution >= 4 is 17.4 Å². The van der Waals surface area contributed by atoms with E-state index in [0.29, 0.717) is 0 Å². The molecule has 2 aromatic rings. The lowest BCUT2D eigenvalue weighted by Gasteiger charge is -2.02. The zero-order valence-corrected chi connectivity index (χ0v) is 19.1. The summed E-state index contributed by atoms with van der Waals surface area (Å²) in [6, 6.07) is 10.3. The van der Waals surface area contributed by atoms with E-state index >= 15 is 0 Å². The van der Waals surface area contributed by atoms with Crippen molar-refractivity contribution in [3.05, 3.63) is 58.7 Å². The molecule has 140 valence electrons. The largest absolute Gasteiger partial charge is 1.00 e. The number of hydrogen-bond acceptors (Lipinski definition) is 2. The highest BCUT2D eigenvalue weighted by atomic mass is 127. The maximum atomic E-state index is 2.26. The van der Waals surface area contributed by atoms with E-state index in [4.69, 9.17) is 0 Å². The fraction of sp³-hybridized carbons (Fsp3) is 0.476. The number of benzene rings is 1. The van der Waals surface area contributed by atoms with E-state index in [1.165, 1.54) is 49.1 Å². The highest BCUT2D eigenvalue weighted by Crippen LogP contribution is 2.09. The van der Waals surface area contributed by atoms with E-state index in [9.17, 15) is 0 Å². The molecule has 2 rings (SSSR count). The molecule has 0 aliphatic rings. The number of aromatic nitrogens is 1. The normalized spacial score (nSPS) is 10.1. The minimum atomic E-state index is 0. The van der Waals surface area contributed by atoms with Crippen molar-refractivity contribution in [3.8, 4) is 0 Å². The van der Waals surface area contributed by atoms with E-state index in [-0.39, 0.29) is 24.0 Å². The van der Waals surface area contributed by atoms with Crippen molar-refractivity contribution < 1.29 is 28.5 Å². The second-order valence-electron chi connectivity index (χ2n) is 6.26. The van der Waals surface area contributed by atoms with Gasteiger partial charge in [0.05, 0.1) is 5.38 Å².